The molecule has 2 aromatic heterocycles. The van der Waals surface area contributed by atoms with Crippen molar-refractivity contribution in [2.75, 3.05) is 0 Å². The van der Waals surface area contributed by atoms with Gasteiger partial charge in [-0.3, -0.25) is 0 Å². The van der Waals surface area contributed by atoms with E-state index in [0.717, 1.165) is 0 Å². The van der Waals surface area contributed by atoms with Crippen LogP contribution in [0, 0.1) is 5.82 Å². The fourth-order valence-corrected chi connectivity index (χ4v) is 1.79. The third-order valence-electron chi connectivity index (χ3n) is 2.15. The molecular weight excluding hydrogens is 305 g/mol. The van der Waals surface area contributed by atoms with Gasteiger partial charge in [0.2, 0.25) is 5.88 Å². The summed E-state index contributed by atoms with van der Waals surface area (Å²) in [5.74, 6) is 0.413. The van der Waals surface area contributed by atoms with Crippen molar-refractivity contribution in [1.82, 2.24) is 25.3 Å². The van der Waals surface area contributed by atoms with Gasteiger partial charge in [0.15, 0.2) is 5.65 Å². The fraction of sp³-hybridized carbons (Fsp3) is 0. The van der Waals surface area contributed by atoms with Crippen LogP contribution in [0.1, 0.15) is 0 Å². The lowest BCUT2D eigenvalue weighted by atomic mass is 10.3. The molecule has 0 spiro atoms. The van der Waals surface area contributed by atoms with Crippen LogP contribution in [0.4, 0.5) is 4.39 Å². The van der Waals surface area contributed by atoms with Gasteiger partial charge < -0.3 is 4.74 Å². The van der Waals surface area contributed by atoms with Crippen molar-refractivity contribution in [3.63, 3.8) is 0 Å². The Morgan fingerprint density at radius 3 is 2.94 bits per heavy atom. The van der Waals surface area contributed by atoms with E-state index in [-0.39, 0.29) is 5.82 Å². The minimum Gasteiger partial charge on any atom is -0.436 e. The number of nitrogens with zero attached hydrogens (tertiary/aromatic N) is 5. The molecule has 6 nitrogen and oxygen atoms in total. The first-order valence-corrected chi connectivity index (χ1v) is 5.70. The van der Waals surface area contributed by atoms with Crippen LogP contribution < -0.4 is 4.74 Å². The van der Waals surface area contributed by atoms with E-state index < -0.39 is 0 Å². The molecule has 2 heterocycles. The number of fused-ring (bicyclic) bond motifs is 1. The Kier molecular flexibility index (Phi) is 2.63. The van der Waals surface area contributed by atoms with Gasteiger partial charge in [-0.25, -0.2) is 4.39 Å². The third kappa shape index (κ3) is 2.02. The quantitative estimate of drug-likeness (QED) is 0.726. The van der Waals surface area contributed by atoms with Crippen molar-refractivity contribution < 1.29 is 9.13 Å². The zero-order chi connectivity index (χ0) is 12.5. The van der Waals surface area contributed by atoms with E-state index in [1.54, 1.807) is 12.1 Å². The smallest absolute Gasteiger partial charge is 0.239 e. The summed E-state index contributed by atoms with van der Waals surface area (Å²) in [5, 5.41) is 14.9. The number of halogens is 2. The third-order valence-corrected chi connectivity index (χ3v) is 2.77. The SMILES string of the molecule is Fc1ccc(Oc2ccc3nnnn3n2)c(Br)c1. The van der Waals surface area contributed by atoms with Gasteiger partial charge in [0.05, 0.1) is 4.47 Å². The molecule has 90 valence electrons. The number of ether oxygens (including phenoxy) is 1. The van der Waals surface area contributed by atoms with Crippen LogP contribution >= 0.6 is 15.9 Å². The van der Waals surface area contributed by atoms with Crippen LogP contribution in [0.3, 0.4) is 0 Å². The number of hydrogen-bond acceptors (Lipinski definition) is 5. The van der Waals surface area contributed by atoms with Crippen molar-refractivity contribution >= 4 is 21.6 Å². The zero-order valence-corrected chi connectivity index (χ0v) is 10.4. The van der Waals surface area contributed by atoms with Gasteiger partial charge in [0.25, 0.3) is 0 Å². The summed E-state index contributed by atoms with van der Waals surface area (Å²) in [4.78, 5) is 0. The molecule has 0 bridgehead atoms. The van der Waals surface area contributed by atoms with Gasteiger partial charge in [0.1, 0.15) is 11.6 Å². The normalized spacial score (nSPS) is 10.8. The Bertz CT molecular complexity index is 716. The molecule has 3 rings (SSSR count). The van der Waals surface area contributed by atoms with Crippen LogP contribution in [0.5, 0.6) is 11.6 Å². The Hall–Kier alpha value is -2.09. The molecule has 18 heavy (non-hydrogen) atoms. The molecule has 8 heteroatoms. The van der Waals surface area contributed by atoms with Gasteiger partial charge in [-0.2, -0.15) is 0 Å². The average Bonchev–Trinajstić information content (AvgIpc) is 2.80. The van der Waals surface area contributed by atoms with Crippen LogP contribution in [0.25, 0.3) is 5.65 Å². The molecular formula is C10H5BrFN5O. The molecule has 0 saturated heterocycles. The van der Waals surface area contributed by atoms with Crippen molar-refractivity contribution in [2.24, 2.45) is 0 Å². The maximum absolute atomic E-state index is 12.9. The maximum Gasteiger partial charge on any atom is 0.239 e. The van der Waals surface area contributed by atoms with Gasteiger partial charge in [-0.15, -0.1) is 14.8 Å². The molecule has 0 atom stereocenters. The van der Waals surface area contributed by atoms with Gasteiger partial charge in [-0.05, 0) is 50.6 Å². The first-order valence-electron chi connectivity index (χ1n) is 4.91. The zero-order valence-electron chi connectivity index (χ0n) is 8.79. The summed E-state index contributed by atoms with van der Waals surface area (Å²) in [6.07, 6.45) is 0. The van der Waals surface area contributed by atoms with E-state index in [2.05, 4.69) is 36.6 Å². The van der Waals surface area contributed by atoms with E-state index >= 15 is 0 Å². The van der Waals surface area contributed by atoms with Crippen molar-refractivity contribution in [1.29, 1.82) is 0 Å². The first-order chi connectivity index (χ1) is 8.72. The minimum absolute atomic E-state index is 0.308. The van der Waals surface area contributed by atoms with Crippen LogP contribution in [0.15, 0.2) is 34.8 Å². The summed E-state index contributed by atoms with van der Waals surface area (Å²) in [6, 6.07) is 7.41. The molecule has 0 unspecified atom stereocenters. The molecule has 0 aliphatic carbocycles. The van der Waals surface area contributed by atoms with Gasteiger partial charge in [0, 0.05) is 6.07 Å². The standard InChI is InChI=1S/C10H5BrFN5O/c11-7-5-6(12)1-2-8(7)18-10-4-3-9-13-15-16-17(9)14-10/h1-5H. The van der Waals surface area contributed by atoms with Crippen LogP contribution in [-0.4, -0.2) is 25.3 Å². The highest BCUT2D eigenvalue weighted by Gasteiger charge is 2.06. The Morgan fingerprint density at radius 2 is 2.11 bits per heavy atom. The molecule has 1 aromatic carbocycles. The molecule has 0 aliphatic rings. The maximum atomic E-state index is 12.9. The lowest BCUT2D eigenvalue weighted by Gasteiger charge is -2.06. The summed E-state index contributed by atoms with van der Waals surface area (Å²) < 4.78 is 20.2. The summed E-state index contributed by atoms with van der Waals surface area (Å²) in [5.41, 5.74) is 0.514. The van der Waals surface area contributed by atoms with Crippen LogP contribution in [0.2, 0.25) is 0 Å². The largest absolute Gasteiger partial charge is 0.436 e. The van der Waals surface area contributed by atoms with E-state index in [9.17, 15) is 4.39 Å². The summed E-state index contributed by atoms with van der Waals surface area (Å²) >= 11 is 3.21. The predicted molar refractivity (Wildman–Crippen MR) is 62.8 cm³/mol. The van der Waals surface area contributed by atoms with Crippen molar-refractivity contribution in [3.05, 3.63) is 40.6 Å². The van der Waals surface area contributed by atoms with Gasteiger partial charge in [-0.1, -0.05) is 0 Å². The minimum atomic E-state index is -0.349. The molecule has 0 fully saturated rings. The molecule has 0 radical (unpaired) electrons. The van der Waals surface area contributed by atoms with E-state index in [0.29, 0.717) is 21.7 Å². The molecule has 0 N–H and O–H groups in total. The van der Waals surface area contributed by atoms with Crippen LogP contribution in [-0.2, 0) is 0 Å². The fourth-order valence-electron chi connectivity index (χ4n) is 1.36. The van der Waals surface area contributed by atoms with E-state index in [1.165, 1.54) is 22.8 Å². The molecule has 0 aliphatic heterocycles. The second-order valence-corrected chi connectivity index (χ2v) is 4.23. The summed E-state index contributed by atoms with van der Waals surface area (Å²) in [7, 11) is 0. The summed E-state index contributed by atoms with van der Waals surface area (Å²) in [6.45, 7) is 0. The molecule has 0 amide bonds. The topological polar surface area (TPSA) is 65.2 Å². The number of aromatic nitrogens is 5. The molecule has 0 saturated carbocycles. The first kappa shape index (κ1) is 11.0. The number of rotatable bonds is 2. The highest BCUT2D eigenvalue weighted by Crippen LogP contribution is 2.29. The predicted octanol–water partition coefficient (Wildman–Crippen LogP) is 2.21. The number of hydrogen-bond donors (Lipinski definition) is 0. The lowest BCUT2D eigenvalue weighted by molar-refractivity contribution is 0.443. The highest BCUT2D eigenvalue weighted by molar-refractivity contribution is 9.10. The highest BCUT2D eigenvalue weighted by atomic mass is 79.9. The van der Waals surface area contributed by atoms with E-state index in [4.69, 9.17) is 4.74 Å². The lowest BCUT2D eigenvalue weighted by Crippen LogP contribution is -1.97. The Balaban J connectivity index is 1.95. The van der Waals surface area contributed by atoms with E-state index in [1.807, 2.05) is 0 Å². The average molecular weight is 310 g/mol. The molecule has 3 aromatic rings. The second-order valence-electron chi connectivity index (χ2n) is 3.37. The Labute approximate surface area is 109 Å². The number of tetrazole rings is 1. The van der Waals surface area contributed by atoms with Crippen molar-refractivity contribution in [3.8, 4) is 11.6 Å². The van der Waals surface area contributed by atoms with Crippen molar-refractivity contribution in [2.45, 2.75) is 0 Å². The van der Waals surface area contributed by atoms with Gasteiger partial charge >= 0.3 is 0 Å². The second kappa shape index (κ2) is 4.30. The monoisotopic (exact) mass is 309 g/mol. The Morgan fingerprint density at radius 1 is 1.22 bits per heavy atom. The number of benzene rings is 1.